The highest BCUT2D eigenvalue weighted by molar-refractivity contribution is 7.08. The molecule has 0 aliphatic rings. The van der Waals surface area contributed by atoms with Gasteiger partial charge < -0.3 is 5.32 Å². The van der Waals surface area contributed by atoms with E-state index in [1.54, 1.807) is 27.2 Å². The third kappa shape index (κ3) is 2.58. The van der Waals surface area contributed by atoms with Gasteiger partial charge in [0.2, 0.25) is 0 Å². The van der Waals surface area contributed by atoms with Crippen molar-refractivity contribution >= 4 is 34.1 Å². The summed E-state index contributed by atoms with van der Waals surface area (Å²) in [6.07, 6.45) is 0.878. The third-order valence-electron chi connectivity index (χ3n) is 3.21. The fourth-order valence-corrected chi connectivity index (χ4v) is 3.36. The van der Waals surface area contributed by atoms with E-state index in [1.165, 1.54) is 0 Å². The number of thiazole rings is 1. The van der Waals surface area contributed by atoms with Gasteiger partial charge in [-0.05, 0) is 23.6 Å². The van der Waals surface area contributed by atoms with E-state index < -0.39 is 0 Å². The minimum atomic E-state index is 0.742. The second-order valence-electron chi connectivity index (χ2n) is 4.68. The van der Waals surface area contributed by atoms with Gasteiger partial charge in [0.25, 0.3) is 0 Å². The lowest BCUT2D eigenvalue weighted by Gasteiger charge is -2.05. The van der Waals surface area contributed by atoms with Crippen molar-refractivity contribution in [2.24, 2.45) is 0 Å². The van der Waals surface area contributed by atoms with Crippen LogP contribution in [0.5, 0.6) is 0 Å². The molecule has 0 amide bonds. The highest BCUT2D eigenvalue weighted by Gasteiger charge is 2.10. The fourth-order valence-electron chi connectivity index (χ4n) is 2.13. The van der Waals surface area contributed by atoms with E-state index >= 15 is 0 Å². The SMILES string of the molecule is c1cc(-c2nnc3ccc(NCCc4cscn4)nn23)cs1. The first-order valence-corrected chi connectivity index (χ1v) is 8.65. The summed E-state index contributed by atoms with van der Waals surface area (Å²) >= 11 is 3.25. The molecular weight excluding hydrogens is 316 g/mol. The maximum absolute atomic E-state index is 4.58. The van der Waals surface area contributed by atoms with Crippen molar-refractivity contribution in [1.29, 1.82) is 0 Å². The Morgan fingerprint density at radius 3 is 2.91 bits per heavy atom. The average Bonchev–Trinajstić information content (AvgIpc) is 3.28. The van der Waals surface area contributed by atoms with Crippen molar-refractivity contribution in [1.82, 2.24) is 24.8 Å². The molecule has 8 heteroatoms. The minimum absolute atomic E-state index is 0.742. The van der Waals surface area contributed by atoms with Crippen LogP contribution in [-0.2, 0) is 6.42 Å². The van der Waals surface area contributed by atoms with Gasteiger partial charge in [0.05, 0.1) is 11.2 Å². The first-order chi connectivity index (χ1) is 10.9. The molecule has 4 rings (SSSR count). The summed E-state index contributed by atoms with van der Waals surface area (Å²) in [6.45, 7) is 0.790. The monoisotopic (exact) mass is 328 g/mol. The van der Waals surface area contributed by atoms with Gasteiger partial charge in [-0.15, -0.1) is 26.6 Å². The number of aromatic nitrogens is 5. The molecule has 6 nitrogen and oxygen atoms in total. The second kappa shape index (κ2) is 5.82. The van der Waals surface area contributed by atoms with E-state index in [1.807, 2.05) is 34.5 Å². The summed E-state index contributed by atoms with van der Waals surface area (Å²) in [5, 5.41) is 22.4. The van der Waals surface area contributed by atoms with E-state index in [0.717, 1.165) is 41.5 Å². The normalized spacial score (nSPS) is 11.1. The van der Waals surface area contributed by atoms with E-state index in [9.17, 15) is 0 Å². The molecule has 4 heterocycles. The van der Waals surface area contributed by atoms with Crippen molar-refractivity contribution in [2.45, 2.75) is 6.42 Å². The Morgan fingerprint density at radius 1 is 1.09 bits per heavy atom. The number of nitrogens with one attached hydrogen (secondary N) is 1. The Morgan fingerprint density at radius 2 is 2.09 bits per heavy atom. The first-order valence-electron chi connectivity index (χ1n) is 6.76. The van der Waals surface area contributed by atoms with Gasteiger partial charge in [0.1, 0.15) is 5.82 Å². The van der Waals surface area contributed by atoms with Crippen LogP contribution in [-0.4, -0.2) is 31.3 Å². The largest absolute Gasteiger partial charge is 0.368 e. The molecule has 0 radical (unpaired) electrons. The maximum atomic E-state index is 4.58. The van der Waals surface area contributed by atoms with Crippen molar-refractivity contribution < 1.29 is 0 Å². The molecule has 0 aliphatic heterocycles. The van der Waals surface area contributed by atoms with Crippen molar-refractivity contribution in [3.8, 4) is 11.4 Å². The number of fused-ring (bicyclic) bond motifs is 1. The van der Waals surface area contributed by atoms with Gasteiger partial charge in [-0.3, -0.25) is 0 Å². The van der Waals surface area contributed by atoms with Crippen LogP contribution in [0.25, 0.3) is 17.0 Å². The summed E-state index contributed by atoms with van der Waals surface area (Å²) in [5.41, 5.74) is 4.72. The Labute approximate surface area is 134 Å². The molecule has 110 valence electrons. The van der Waals surface area contributed by atoms with Crippen LogP contribution in [0, 0.1) is 0 Å². The zero-order chi connectivity index (χ0) is 14.8. The number of hydrogen-bond acceptors (Lipinski definition) is 7. The maximum Gasteiger partial charge on any atom is 0.186 e. The summed E-state index contributed by atoms with van der Waals surface area (Å²) in [7, 11) is 0. The van der Waals surface area contributed by atoms with Crippen LogP contribution in [0.4, 0.5) is 5.82 Å². The Kier molecular flexibility index (Phi) is 3.53. The Balaban J connectivity index is 1.56. The molecule has 0 saturated heterocycles. The molecule has 0 spiro atoms. The predicted molar refractivity (Wildman–Crippen MR) is 88.4 cm³/mol. The molecule has 4 aromatic heterocycles. The quantitative estimate of drug-likeness (QED) is 0.610. The number of nitrogens with zero attached hydrogens (tertiary/aromatic N) is 5. The zero-order valence-electron chi connectivity index (χ0n) is 11.5. The summed E-state index contributed by atoms with van der Waals surface area (Å²) < 4.78 is 1.77. The smallest absolute Gasteiger partial charge is 0.186 e. The number of anilines is 1. The van der Waals surface area contributed by atoms with Crippen LogP contribution in [0.15, 0.2) is 39.8 Å². The van der Waals surface area contributed by atoms with Gasteiger partial charge in [-0.1, -0.05) is 0 Å². The van der Waals surface area contributed by atoms with Crippen LogP contribution in [0.2, 0.25) is 0 Å². The summed E-state index contributed by atoms with van der Waals surface area (Å²) in [6, 6.07) is 5.86. The fraction of sp³-hybridized carbons (Fsp3) is 0.143. The molecule has 0 aromatic carbocycles. The minimum Gasteiger partial charge on any atom is -0.368 e. The molecule has 0 atom stereocenters. The van der Waals surface area contributed by atoms with Gasteiger partial charge in [-0.2, -0.15) is 15.9 Å². The van der Waals surface area contributed by atoms with E-state index in [4.69, 9.17) is 0 Å². The molecule has 22 heavy (non-hydrogen) atoms. The average molecular weight is 328 g/mol. The molecule has 0 unspecified atom stereocenters. The second-order valence-corrected chi connectivity index (χ2v) is 6.18. The van der Waals surface area contributed by atoms with Crippen LogP contribution >= 0.6 is 22.7 Å². The lowest BCUT2D eigenvalue weighted by atomic mass is 10.3. The third-order valence-corrected chi connectivity index (χ3v) is 4.53. The summed E-state index contributed by atoms with van der Waals surface area (Å²) in [4.78, 5) is 4.27. The van der Waals surface area contributed by atoms with Crippen LogP contribution in [0.3, 0.4) is 0 Å². The molecular formula is C14H12N6S2. The number of thiophene rings is 1. The van der Waals surface area contributed by atoms with Gasteiger partial charge in [-0.25, -0.2) is 4.98 Å². The van der Waals surface area contributed by atoms with Gasteiger partial charge in [0.15, 0.2) is 11.5 Å². The van der Waals surface area contributed by atoms with Gasteiger partial charge in [0, 0.05) is 29.3 Å². The van der Waals surface area contributed by atoms with Crippen molar-refractivity contribution in [3.63, 3.8) is 0 Å². The summed E-state index contributed by atoms with van der Waals surface area (Å²) in [5.74, 6) is 1.57. The number of rotatable bonds is 5. The Bertz CT molecular complexity index is 866. The highest BCUT2D eigenvalue weighted by atomic mass is 32.1. The standard InChI is InChI=1S/C14H12N6S2/c1-2-13-17-18-14(10-4-6-21-7-10)20(13)19-12(1)15-5-3-11-8-22-9-16-11/h1-2,4,6-9H,3,5H2,(H,15,19). The molecule has 4 aromatic rings. The van der Waals surface area contributed by atoms with Crippen LogP contribution < -0.4 is 5.32 Å². The predicted octanol–water partition coefficient (Wildman–Crippen LogP) is 2.96. The van der Waals surface area contributed by atoms with E-state index in [0.29, 0.717) is 0 Å². The molecule has 1 N–H and O–H groups in total. The zero-order valence-corrected chi connectivity index (χ0v) is 13.1. The molecule has 0 aliphatic carbocycles. The molecule has 0 saturated carbocycles. The van der Waals surface area contributed by atoms with Crippen molar-refractivity contribution in [2.75, 3.05) is 11.9 Å². The number of hydrogen-bond donors (Lipinski definition) is 1. The molecule has 0 fully saturated rings. The topological polar surface area (TPSA) is 68.0 Å². The van der Waals surface area contributed by atoms with Crippen molar-refractivity contribution in [3.05, 3.63) is 45.5 Å². The van der Waals surface area contributed by atoms with Crippen LogP contribution in [0.1, 0.15) is 5.69 Å². The van der Waals surface area contributed by atoms with E-state index in [-0.39, 0.29) is 0 Å². The first kappa shape index (κ1) is 13.4. The molecule has 0 bridgehead atoms. The lowest BCUT2D eigenvalue weighted by molar-refractivity contribution is 0.908. The lowest BCUT2D eigenvalue weighted by Crippen LogP contribution is -2.08. The highest BCUT2D eigenvalue weighted by Crippen LogP contribution is 2.20. The Hall–Kier alpha value is -2.32. The van der Waals surface area contributed by atoms with Gasteiger partial charge >= 0.3 is 0 Å². The van der Waals surface area contributed by atoms with E-state index in [2.05, 4.69) is 31.0 Å².